The molecule has 142 valence electrons. The summed E-state index contributed by atoms with van der Waals surface area (Å²) in [5.41, 5.74) is 2.17. The summed E-state index contributed by atoms with van der Waals surface area (Å²) in [4.78, 5) is 17.7. The minimum atomic E-state index is -0.0182. The van der Waals surface area contributed by atoms with Crippen LogP contribution in [0.3, 0.4) is 0 Å². The molecule has 1 aliphatic rings. The number of tetrazole rings is 1. The summed E-state index contributed by atoms with van der Waals surface area (Å²) in [5.74, 6) is 0.761. The number of H-pyrrole nitrogens is 1. The van der Waals surface area contributed by atoms with Crippen LogP contribution in [0, 0.1) is 0 Å². The van der Waals surface area contributed by atoms with E-state index in [-0.39, 0.29) is 5.91 Å². The maximum atomic E-state index is 12.3. The Morgan fingerprint density at radius 2 is 2.15 bits per heavy atom. The number of ether oxygens (including phenoxy) is 1. The Labute approximate surface area is 156 Å². The van der Waals surface area contributed by atoms with Crippen molar-refractivity contribution < 1.29 is 9.53 Å². The zero-order valence-corrected chi connectivity index (χ0v) is 15.1. The summed E-state index contributed by atoms with van der Waals surface area (Å²) in [7, 11) is 0. The number of rotatable bonds is 7. The SMILES string of the molecule is O=C(CCn1nnnc1CN1CCOCC1)NCc1cccc2[nH]ccc12. The molecule has 2 aromatic heterocycles. The van der Waals surface area contributed by atoms with Crippen LogP contribution in [-0.4, -0.2) is 62.3 Å². The van der Waals surface area contributed by atoms with E-state index in [0.29, 0.717) is 26.1 Å². The number of amides is 1. The predicted octanol–water partition coefficient (Wildman–Crippen LogP) is 0.693. The molecule has 3 heterocycles. The molecule has 0 atom stereocenters. The normalized spacial score (nSPS) is 15.3. The summed E-state index contributed by atoms with van der Waals surface area (Å²) in [5, 5.41) is 16.0. The largest absolute Gasteiger partial charge is 0.379 e. The molecular formula is C18H23N7O2. The molecule has 1 saturated heterocycles. The summed E-state index contributed by atoms with van der Waals surface area (Å²) in [6, 6.07) is 8.06. The van der Waals surface area contributed by atoms with Crippen molar-refractivity contribution in [2.45, 2.75) is 26.1 Å². The van der Waals surface area contributed by atoms with Gasteiger partial charge in [-0.15, -0.1) is 5.10 Å². The molecule has 1 amide bonds. The van der Waals surface area contributed by atoms with Crippen LogP contribution in [0.25, 0.3) is 10.9 Å². The highest BCUT2D eigenvalue weighted by atomic mass is 16.5. The zero-order valence-electron chi connectivity index (χ0n) is 15.1. The van der Waals surface area contributed by atoms with Crippen molar-refractivity contribution in [3.63, 3.8) is 0 Å². The summed E-state index contributed by atoms with van der Waals surface area (Å²) in [6.07, 6.45) is 2.24. The Balaban J connectivity index is 1.28. The van der Waals surface area contributed by atoms with Crippen LogP contribution in [0.1, 0.15) is 17.8 Å². The number of carbonyl (C=O) groups is 1. The van der Waals surface area contributed by atoms with Crippen molar-refractivity contribution in [1.82, 2.24) is 35.4 Å². The van der Waals surface area contributed by atoms with E-state index in [4.69, 9.17) is 4.74 Å². The highest BCUT2D eigenvalue weighted by molar-refractivity contribution is 5.83. The van der Waals surface area contributed by atoms with Gasteiger partial charge in [-0.3, -0.25) is 9.69 Å². The predicted molar refractivity (Wildman–Crippen MR) is 98.7 cm³/mol. The number of aromatic amines is 1. The first-order valence-corrected chi connectivity index (χ1v) is 9.16. The monoisotopic (exact) mass is 369 g/mol. The van der Waals surface area contributed by atoms with Crippen molar-refractivity contribution in [3.05, 3.63) is 41.9 Å². The van der Waals surface area contributed by atoms with Crippen molar-refractivity contribution in [1.29, 1.82) is 0 Å². The van der Waals surface area contributed by atoms with E-state index in [1.54, 1.807) is 4.68 Å². The van der Waals surface area contributed by atoms with Crippen molar-refractivity contribution >= 4 is 16.8 Å². The van der Waals surface area contributed by atoms with E-state index in [1.807, 2.05) is 30.5 Å². The fourth-order valence-electron chi connectivity index (χ4n) is 3.26. The smallest absolute Gasteiger partial charge is 0.222 e. The molecular weight excluding hydrogens is 346 g/mol. The third kappa shape index (κ3) is 4.32. The number of nitrogens with zero attached hydrogens (tertiary/aromatic N) is 5. The van der Waals surface area contributed by atoms with E-state index in [0.717, 1.165) is 48.6 Å². The molecule has 0 unspecified atom stereocenters. The fraction of sp³-hybridized carbons (Fsp3) is 0.444. The van der Waals surface area contributed by atoms with E-state index >= 15 is 0 Å². The minimum Gasteiger partial charge on any atom is -0.379 e. The lowest BCUT2D eigenvalue weighted by Crippen LogP contribution is -2.36. The van der Waals surface area contributed by atoms with Gasteiger partial charge in [0.1, 0.15) is 0 Å². The third-order valence-corrected chi connectivity index (χ3v) is 4.79. The lowest BCUT2D eigenvalue weighted by Gasteiger charge is -2.25. The molecule has 0 spiro atoms. The number of carbonyl (C=O) groups excluding carboxylic acids is 1. The average Bonchev–Trinajstić information content (AvgIpc) is 3.35. The number of benzene rings is 1. The molecule has 4 rings (SSSR count). The number of hydrogen-bond acceptors (Lipinski definition) is 6. The van der Waals surface area contributed by atoms with Crippen LogP contribution in [0.5, 0.6) is 0 Å². The average molecular weight is 369 g/mol. The van der Waals surface area contributed by atoms with Gasteiger partial charge in [-0.05, 0) is 28.1 Å². The highest BCUT2D eigenvalue weighted by Crippen LogP contribution is 2.17. The lowest BCUT2D eigenvalue weighted by atomic mass is 10.1. The Bertz CT molecular complexity index is 898. The fourth-order valence-corrected chi connectivity index (χ4v) is 3.26. The number of hydrogen-bond donors (Lipinski definition) is 2. The van der Waals surface area contributed by atoms with Gasteiger partial charge in [-0.25, -0.2) is 4.68 Å². The minimum absolute atomic E-state index is 0.0182. The highest BCUT2D eigenvalue weighted by Gasteiger charge is 2.15. The van der Waals surface area contributed by atoms with Crippen LogP contribution in [0.4, 0.5) is 0 Å². The first-order valence-electron chi connectivity index (χ1n) is 9.16. The van der Waals surface area contributed by atoms with E-state index < -0.39 is 0 Å². The van der Waals surface area contributed by atoms with Gasteiger partial charge in [0.05, 0.1) is 26.3 Å². The van der Waals surface area contributed by atoms with Crippen molar-refractivity contribution in [2.75, 3.05) is 26.3 Å². The Morgan fingerprint density at radius 3 is 3.04 bits per heavy atom. The van der Waals surface area contributed by atoms with Gasteiger partial charge in [-0.1, -0.05) is 12.1 Å². The van der Waals surface area contributed by atoms with Crippen molar-refractivity contribution in [2.24, 2.45) is 0 Å². The number of aryl methyl sites for hydroxylation is 1. The van der Waals surface area contributed by atoms with Gasteiger partial charge in [0.2, 0.25) is 5.91 Å². The Kier molecular flexibility index (Phi) is 5.40. The van der Waals surface area contributed by atoms with Crippen molar-refractivity contribution in [3.8, 4) is 0 Å². The van der Waals surface area contributed by atoms with Gasteiger partial charge < -0.3 is 15.0 Å². The van der Waals surface area contributed by atoms with Gasteiger partial charge in [0.25, 0.3) is 0 Å². The molecule has 9 nitrogen and oxygen atoms in total. The van der Waals surface area contributed by atoms with Gasteiger partial charge in [0, 0.05) is 43.2 Å². The molecule has 9 heteroatoms. The summed E-state index contributed by atoms with van der Waals surface area (Å²) < 4.78 is 7.07. The summed E-state index contributed by atoms with van der Waals surface area (Å²) in [6.45, 7) is 4.86. The maximum absolute atomic E-state index is 12.3. The molecule has 2 N–H and O–H groups in total. The molecule has 0 radical (unpaired) electrons. The second-order valence-electron chi connectivity index (χ2n) is 6.59. The molecule has 27 heavy (non-hydrogen) atoms. The van der Waals surface area contributed by atoms with Crippen LogP contribution in [-0.2, 0) is 29.2 Å². The molecule has 0 bridgehead atoms. The zero-order chi connectivity index (χ0) is 18.5. The van der Waals surface area contributed by atoms with Crippen LogP contribution in [0.2, 0.25) is 0 Å². The number of morpholine rings is 1. The van der Waals surface area contributed by atoms with E-state index in [9.17, 15) is 4.79 Å². The lowest BCUT2D eigenvalue weighted by molar-refractivity contribution is -0.121. The third-order valence-electron chi connectivity index (χ3n) is 4.79. The Morgan fingerprint density at radius 1 is 1.26 bits per heavy atom. The number of fused-ring (bicyclic) bond motifs is 1. The topological polar surface area (TPSA) is 101 Å². The van der Waals surface area contributed by atoms with Gasteiger partial charge in [-0.2, -0.15) is 0 Å². The van der Waals surface area contributed by atoms with E-state index in [2.05, 4.69) is 30.7 Å². The molecule has 0 saturated carbocycles. The quantitative estimate of drug-likeness (QED) is 0.636. The van der Waals surface area contributed by atoms with Crippen LogP contribution >= 0.6 is 0 Å². The molecule has 1 aliphatic heterocycles. The number of nitrogens with one attached hydrogen (secondary N) is 2. The van der Waals surface area contributed by atoms with Crippen LogP contribution in [0.15, 0.2) is 30.5 Å². The van der Waals surface area contributed by atoms with E-state index in [1.165, 1.54) is 0 Å². The number of aromatic nitrogens is 5. The maximum Gasteiger partial charge on any atom is 0.222 e. The molecule has 0 aliphatic carbocycles. The summed E-state index contributed by atoms with van der Waals surface area (Å²) >= 11 is 0. The first kappa shape index (κ1) is 17.6. The van der Waals surface area contributed by atoms with Gasteiger partial charge in [0.15, 0.2) is 5.82 Å². The van der Waals surface area contributed by atoms with Gasteiger partial charge >= 0.3 is 0 Å². The molecule has 1 aromatic carbocycles. The standard InChI is InChI=1S/C18H23N7O2/c26-18(20-12-14-2-1-3-16-15(14)4-6-19-16)5-7-25-17(21-22-23-25)13-24-8-10-27-11-9-24/h1-4,6,19H,5,7-13H2,(H,20,26). The molecule has 3 aromatic rings. The second kappa shape index (κ2) is 8.28. The molecule has 1 fully saturated rings. The Hall–Kier alpha value is -2.78. The van der Waals surface area contributed by atoms with Crippen LogP contribution < -0.4 is 5.32 Å². The first-order chi connectivity index (χ1) is 13.3. The second-order valence-corrected chi connectivity index (χ2v) is 6.59.